The second-order valence-corrected chi connectivity index (χ2v) is 6.07. The maximum absolute atomic E-state index is 5.96. The van der Waals surface area contributed by atoms with Crippen LogP contribution in [0.1, 0.15) is 22.9 Å². The van der Waals surface area contributed by atoms with Crippen molar-refractivity contribution in [2.24, 2.45) is 5.73 Å². The standard InChI is InChI=1S/C10H13N3OS2/c1-6(11)9(8-4-3-5-14-8)16-10-13-12-7(2)15-10/h3-6,9H,11H2,1-2H3. The molecule has 2 atom stereocenters. The third kappa shape index (κ3) is 2.63. The summed E-state index contributed by atoms with van der Waals surface area (Å²) in [5.41, 5.74) is 5.96. The van der Waals surface area contributed by atoms with Gasteiger partial charge >= 0.3 is 0 Å². The average Bonchev–Trinajstić information content (AvgIpc) is 2.84. The molecule has 2 unspecified atom stereocenters. The van der Waals surface area contributed by atoms with Crippen LogP contribution in [0.3, 0.4) is 0 Å². The highest BCUT2D eigenvalue weighted by Gasteiger charge is 2.22. The van der Waals surface area contributed by atoms with Gasteiger partial charge in [-0.2, -0.15) is 0 Å². The van der Waals surface area contributed by atoms with Gasteiger partial charge in [0.25, 0.3) is 0 Å². The number of thioether (sulfide) groups is 1. The van der Waals surface area contributed by atoms with E-state index in [1.807, 2.05) is 26.0 Å². The van der Waals surface area contributed by atoms with Crippen molar-refractivity contribution in [3.63, 3.8) is 0 Å². The molecule has 2 heterocycles. The van der Waals surface area contributed by atoms with Crippen LogP contribution in [0.15, 0.2) is 27.2 Å². The summed E-state index contributed by atoms with van der Waals surface area (Å²) in [7, 11) is 0. The number of nitrogens with two attached hydrogens (primary N) is 1. The molecule has 86 valence electrons. The summed E-state index contributed by atoms with van der Waals surface area (Å²) in [6, 6.07) is 3.81. The zero-order valence-corrected chi connectivity index (χ0v) is 10.7. The molecule has 6 heteroatoms. The predicted octanol–water partition coefficient (Wildman–Crippen LogP) is 2.62. The lowest BCUT2D eigenvalue weighted by atomic mass is 10.2. The number of nitrogens with zero attached hydrogens (tertiary/aromatic N) is 2. The largest absolute Gasteiger partial charge is 0.468 e. The summed E-state index contributed by atoms with van der Waals surface area (Å²) < 4.78 is 6.32. The van der Waals surface area contributed by atoms with E-state index in [1.54, 1.807) is 29.4 Å². The first kappa shape index (κ1) is 11.6. The topological polar surface area (TPSA) is 64.9 Å². The summed E-state index contributed by atoms with van der Waals surface area (Å²) >= 11 is 3.18. The average molecular weight is 255 g/mol. The molecule has 16 heavy (non-hydrogen) atoms. The molecule has 0 saturated heterocycles. The van der Waals surface area contributed by atoms with Gasteiger partial charge in [0.1, 0.15) is 10.8 Å². The van der Waals surface area contributed by atoms with Crippen LogP contribution in [-0.2, 0) is 0 Å². The Morgan fingerprint density at radius 2 is 2.31 bits per heavy atom. The number of hydrogen-bond acceptors (Lipinski definition) is 6. The molecule has 0 bridgehead atoms. The third-order valence-corrected chi connectivity index (χ3v) is 4.41. The molecule has 0 aromatic carbocycles. The van der Waals surface area contributed by atoms with Crippen LogP contribution >= 0.6 is 23.1 Å². The molecule has 2 aromatic heterocycles. The summed E-state index contributed by atoms with van der Waals surface area (Å²) in [4.78, 5) is 0. The second kappa shape index (κ2) is 4.99. The van der Waals surface area contributed by atoms with Gasteiger partial charge in [-0.15, -0.1) is 10.2 Å². The Balaban J connectivity index is 2.15. The zero-order valence-electron chi connectivity index (χ0n) is 9.08. The highest BCUT2D eigenvalue weighted by Crippen LogP contribution is 2.38. The number of furan rings is 1. The summed E-state index contributed by atoms with van der Waals surface area (Å²) in [5, 5.41) is 9.12. The Hall–Kier alpha value is -0.850. The maximum atomic E-state index is 5.96. The van der Waals surface area contributed by atoms with Crippen molar-refractivity contribution in [3.05, 3.63) is 29.2 Å². The van der Waals surface area contributed by atoms with Crippen molar-refractivity contribution in [1.82, 2.24) is 10.2 Å². The lowest BCUT2D eigenvalue weighted by molar-refractivity contribution is 0.486. The number of rotatable bonds is 4. The maximum Gasteiger partial charge on any atom is 0.175 e. The lowest BCUT2D eigenvalue weighted by Gasteiger charge is -2.15. The fourth-order valence-corrected chi connectivity index (χ4v) is 3.36. The second-order valence-electron chi connectivity index (χ2n) is 3.50. The van der Waals surface area contributed by atoms with Crippen molar-refractivity contribution in [2.75, 3.05) is 0 Å². The van der Waals surface area contributed by atoms with Crippen LogP contribution in [-0.4, -0.2) is 16.2 Å². The van der Waals surface area contributed by atoms with Gasteiger partial charge in [-0.1, -0.05) is 23.1 Å². The summed E-state index contributed by atoms with van der Waals surface area (Å²) in [6.07, 6.45) is 1.66. The van der Waals surface area contributed by atoms with E-state index >= 15 is 0 Å². The monoisotopic (exact) mass is 255 g/mol. The van der Waals surface area contributed by atoms with E-state index in [2.05, 4.69) is 10.2 Å². The van der Waals surface area contributed by atoms with Crippen LogP contribution in [0.4, 0.5) is 0 Å². The van der Waals surface area contributed by atoms with Crippen molar-refractivity contribution in [2.45, 2.75) is 29.5 Å². The van der Waals surface area contributed by atoms with Gasteiger partial charge in [0, 0.05) is 6.04 Å². The fourth-order valence-electron chi connectivity index (χ4n) is 1.31. The van der Waals surface area contributed by atoms with Crippen molar-refractivity contribution in [3.8, 4) is 0 Å². The predicted molar refractivity (Wildman–Crippen MR) is 65.6 cm³/mol. The van der Waals surface area contributed by atoms with Crippen LogP contribution in [0.2, 0.25) is 0 Å². The van der Waals surface area contributed by atoms with E-state index in [0.717, 1.165) is 15.1 Å². The van der Waals surface area contributed by atoms with Crippen LogP contribution in [0.5, 0.6) is 0 Å². The normalized spacial score (nSPS) is 14.9. The Labute approximate surface area is 102 Å². The molecule has 0 aliphatic carbocycles. The van der Waals surface area contributed by atoms with Crippen molar-refractivity contribution < 1.29 is 4.42 Å². The quantitative estimate of drug-likeness (QED) is 0.851. The molecule has 0 radical (unpaired) electrons. The smallest absolute Gasteiger partial charge is 0.175 e. The first-order valence-corrected chi connectivity index (χ1v) is 6.62. The van der Waals surface area contributed by atoms with Gasteiger partial charge < -0.3 is 10.2 Å². The SMILES string of the molecule is Cc1nnc(SC(c2ccco2)C(C)N)s1. The minimum absolute atomic E-state index is 0.000330. The molecule has 0 aliphatic heterocycles. The minimum atomic E-state index is 0.000330. The van der Waals surface area contributed by atoms with Crippen LogP contribution in [0.25, 0.3) is 0 Å². The molecule has 2 aromatic rings. The lowest BCUT2D eigenvalue weighted by Crippen LogP contribution is -2.22. The molecular formula is C10H13N3OS2. The third-order valence-electron chi connectivity index (χ3n) is 2.04. The van der Waals surface area contributed by atoms with E-state index in [0.29, 0.717) is 0 Å². The van der Waals surface area contributed by atoms with E-state index in [4.69, 9.17) is 10.2 Å². The first-order chi connectivity index (χ1) is 7.66. The first-order valence-electron chi connectivity index (χ1n) is 4.92. The van der Waals surface area contributed by atoms with Crippen LogP contribution in [0, 0.1) is 6.92 Å². The Morgan fingerprint density at radius 1 is 1.50 bits per heavy atom. The zero-order chi connectivity index (χ0) is 11.5. The molecule has 0 aliphatic rings. The molecule has 0 saturated carbocycles. The molecule has 0 amide bonds. The van der Waals surface area contributed by atoms with Gasteiger partial charge in [0.15, 0.2) is 4.34 Å². The minimum Gasteiger partial charge on any atom is -0.468 e. The van der Waals surface area contributed by atoms with Gasteiger partial charge in [0.05, 0.1) is 11.5 Å². The number of hydrogen-bond donors (Lipinski definition) is 1. The molecular weight excluding hydrogens is 242 g/mol. The number of aryl methyl sites for hydroxylation is 1. The van der Waals surface area contributed by atoms with Crippen molar-refractivity contribution >= 4 is 23.1 Å². The highest BCUT2D eigenvalue weighted by molar-refractivity contribution is 8.01. The molecule has 0 spiro atoms. The molecule has 2 N–H and O–H groups in total. The Bertz CT molecular complexity index is 439. The fraction of sp³-hybridized carbons (Fsp3) is 0.400. The van der Waals surface area contributed by atoms with Gasteiger partial charge in [-0.05, 0) is 26.0 Å². The van der Waals surface area contributed by atoms with Gasteiger partial charge in [-0.3, -0.25) is 0 Å². The van der Waals surface area contributed by atoms with Crippen molar-refractivity contribution in [1.29, 1.82) is 0 Å². The van der Waals surface area contributed by atoms with E-state index < -0.39 is 0 Å². The van der Waals surface area contributed by atoms with E-state index in [-0.39, 0.29) is 11.3 Å². The summed E-state index contributed by atoms with van der Waals surface area (Å²) in [6.45, 7) is 3.91. The van der Waals surface area contributed by atoms with E-state index in [1.165, 1.54) is 0 Å². The number of aromatic nitrogens is 2. The van der Waals surface area contributed by atoms with E-state index in [9.17, 15) is 0 Å². The highest BCUT2D eigenvalue weighted by atomic mass is 32.2. The van der Waals surface area contributed by atoms with Gasteiger partial charge in [-0.25, -0.2) is 0 Å². The molecule has 4 nitrogen and oxygen atoms in total. The molecule has 0 fully saturated rings. The summed E-state index contributed by atoms with van der Waals surface area (Å²) in [5.74, 6) is 0.882. The molecule has 2 rings (SSSR count). The Kier molecular flexibility index (Phi) is 3.63. The van der Waals surface area contributed by atoms with Crippen LogP contribution < -0.4 is 5.73 Å². The van der Waals surface area contributed by atoms with Gasteiger partial charge in [0.2, 0.25) is 0 Å². The Morgan fingerprint density at radius 3 is 2.81 bits per heavy atom.